The van der Waals surface area contributed by atoms with Gasteiger partial charge in [0.15, 0.2) is 0 Å². The van der Waals surface area contributed by atoms with Gasteiger partial charge in [0.1, 0.15) is 0 Å². The summed E-state index contributed by atoms with van der Waals surface area (Å²) in [6, 6.07) is 17.8. The summed E-state index contributed by atoms with van der Waals surface area (Å²) >= 11 is 0. The van der Waals surface area contributed by atoms with E-state index in [0.29, 0.717) is 5.56 Å². The van der Waals surface area contributed by atoms with Crippen LogP contribution in [0.2, 0.25) is 0 Å². The Morgan fingerprint density at radius 2 is 1.86 bits per heavy atom. The van der Waals surface area contributed by atoms with Gasteiger partial charge in [0.25, 0.3) is 0 Å². The third-order valence-electron chi connectivity index (χ3n) is 3.60. The lowest BCUT2D eigenvalue weighted by atomic mass is 10.1. The highest BCUT2D eigenvalue weighted by molar-refractivity contribution is 7.89. The fourth-order valence-corrected chi connectivity index (χ4v) is 3.73. The van der Waals surface area contributed by atoms with Crippen LogP contribution in [-0.2, 0) is 10.0 Å². The van der Waals surface area contributed by atoms with Gasteiger partial charge < -0.3 is 0 Å². The summed E-state index contributed by atoms with van der Waals surface area (Å²) in [6.07, 6.45) is 0.807. The van der Waals surface area contributed by atoms with Crippen molar-refractivity contribution in [3.8, 4) is 6.07 Å². The summed E-state index contributed by atoms with van der Waals surface area (Å²) in [6.45, 7) is 0. The van der Waals surface area contributed by atoms with E-state index in [9.17, 15) is 8.42 Å². The first-order valence-electron chi connectivity index (χ1n) is 6.67. The monoisotopic (exact) mass is 298 g/mol. The van der Waals surface area contributed by atoms with Gasteiger partial charge in [-0.05, 0) is 30.2 Å². The highest BCUT2D eigenvalue weighted by Gasteiger charge is 2.41. The first-order chi connectivity index (χ1) is 10.1. The number of rotatable bonds is 4. The molecule has 1 aliphatic rings. The SMILES string of the molecule is N#Cc1cccc(S(=O)(=O)NC2CC2c2ccccc2)c1. The molecule has 5 heteroatoms. The molecule has 1 aliphatic carbocycles. The van der Waals surface area contributed by atoms with Gasteiger partial charge in [-0.1, -0.05) is 36.4 Å². The van der Waals surface area contributed by atoms with E-state index < -0.39 is 10.0 Å². The topological polar surface area (TPSA) is 70.0 Å². The molecule has 2 aromatic rings. The Morgan fingerprint density at radius 3 is 2.57 bits per heavy atom. The average molecular weight is 298 g/mol. The zero-order valence-corrected chi connectivity index (χ0v) is 12.0. The van der Waals surface area contributed by atoms with Gasteiger partial charge in [-0.15, -0.1) is 0 Å². The van der Waals surface area contributed by atoms with Gasteiger partial charge in [0.05, 0.1) is 16.5 Å². The molecule has 1 N–H and O–H groups in total. The van der Waals surface area contributed by atoms with Crippen LogP contribution in [0.3, 0.4) is 0 Å². The molecule has 0 bridgehead atoms. The van der Waals surface area contributed by atoms with Crippen LogP contribution in [-0.4, -0.2) is 14.5 Å². The number of sulfonamides is 1. The summed E-state index contributed by atoms with van der Waals surface area (Å²) in [4.78, 5) is 0.139. The average Bonchev–Trinajstić information content (AvgIpc) is 3.26. The predicted octanol–water partition coefficient (Wildman–Crippen LogP) is 2.39. The van der Waals surface area contributed by atoms with E-state index in [4.69, 9.17) is 5.26 Å². The van der Waals surface area contributed by atoms with Crippen molar-refractivity contribution < 1.29 is 8.42 Å². The molecule has 0 spiro atoms. The minimum absolute atomic E-state index is 0.0665. The van der Waals surface area contributed by atoms with Crippen LogP contribution in [0.1, 0.15) is 23.5 Å². The van der Waals surface area contributed by atoms with E-state index in [-0.39, 0.29) is 16.9 Å². The minimum atomic E-state index is -3.57. The number of hydrogen-bond donors (Lipinski definition) is 1. The van der Waals surface area contributed by atoms with Crippen LogP contribution in [0.25, 0.3) is 0 Å². The van der Waals surface area contributed by atoms with Gasteiger partial charge in [-0.3, -0.25) is 0 Å². The number of hydrogen-bond acceptors (Lipinski definition) is 3. The van der Waals surface area contributed by atoms with Crippen LogP contribution in [0.15, 0.2) is 59.5 Å². The van der Waals surface area contributed by atoms with Crippen molar-refractivity contribution >= 4 is 10.0 Å². The smallest absolute Gasteiger partial charge is 0.207 e. The molecule has 0 radical (unpaired) electrons. The van der Waals surface area contributed by atoms with Gasteiger partial charge in [0, 0.05) is 12.0 Å². The van der Waals surface area contributed by atoms with Crippen molar-refractivity contribution in [2.24, 2.45) is 0 Å². The first-order valence-corrected chi connectivity index (χ1v) is 8.16. The molecule has 2 atom stereocenters. The maximum Gasteiger partial charge on any atom is 0.240 e. The lowest BCUT2D eigenvalue weighted by Gasteiger charge is -2.07. The van der Waals surface area contributed by atoms with Crippen LogP contribution in [0, 0.1) is 11.3 Å². The predicted molar refractivity (Wildman–Crippen MR) is 79.1 cm³/mol. The zero-order chi connectivity index (χ0) is 14.9. The molecule has 0 amide bonds. The van der Waals surface area contributed by atoms with Gasteiger partial charge in [0.2, 0.25) is 10.0 Å². The van der Waals surface area contributed by atoms with E-state index >= 15 is 0 Å². The maximum atomic E-state index is 12.3. The number of benzene rings is 2. The lowest BCUT2D eigenvalue weighted by molar-refractivity contribution is 0.580. The molecule has 0 saturated heterocycles. The first kappa shape index (κ1) is 13.8. The normalized spacial score (nSPS) is 20.7. The third kappa shape index (κ3) is 2.97. The van der Waals surface area contributed by atoms with Crippen molar-refractivity contribution in [3.05, 3.63) is 65.7 Å². The molecule has 1 fully saturated rings. The Labute approximate surface area is 124 Å². The van der Waals surface area contributed by atoms with Gasteiger partial charge in [-0.25, -0.2) is 13.1 Å². The number of nitriles is 1. The van der Waals surface area contributed by atoms with Crippen molar-refractivity contribution in [1.82, 2.24) is 4.72 Å². The molecule has 0 aromatic heterocycles. The van der Waals surface area contributed by atoms with E-state index in [1.54, 1.807) is 12.1 Å². The Hall–Kier alpha value is -2.16. The van der Waals surface area contributed by atoms with Crippen LogP contribution < -0.4 is 4.72 Å². The van der Waals surface area contributed by atoms with Crippen molar-refractivity contribution in [3.63, 3.8) is 0 Å². The fraction of sp³-hybridized carbons (Fsp3) is 0.188. The molecule has 1 saturated carbocycles. The highest BCUT2D eigenvalue weighted by atomic mass is 32.2. The quantitative estimate of drug-likeness (QED) is 0.942. The number of nitrogens with one attached hydrogen (secondary N) is 1. The van der Waals surface area contributed by atoms with Gasteiger partial charge in [-0.2, -0.15) is 5.26 Å². The summed E-state index contributed by atoms with van der Waals surface area (Å²) < 4.78 is 27.3. The largest absolute Gasteiger partial charge is 0.240 e. The van der Waals surface area contributed by atoms with E-state index in [0.717, 1.165) is 12.0 Å². The summed E-state index contributed by atoms with van der Waals surface area (Å²) in [5.41, 5.74) is 1.49. The summed E-state index contributed by atoms with van der Waals surface area (Å²) in [5, 5.41) is 8.85. The molecular formula is C16H14N2O2S. The van der Waals surface area contributed by atoms with Gasteiger partial charge >= 0.3 is 0 Å². The fourth-order valence-electron chi connectivity index (χ4n) is 2.39. The van der Waals surface area contributed by atoms with Crippen molar-refractivity contribution in [2.45, 2.75) is 23.3 Å². The molecule has 2 aromatic carbocycles. The Balaban J connectivity index is 1.75. The van der Waals surface area contributed by atoms with Crippen LogP contribution >= 0.6 is 0 Å². The molecule has 4 nitrogen and oxygen atoms in total. The Morgan fingerprint density at radius 1 is 1.10 bits per heavy atom. The molecule has 106 valence electrons. The van der Waals surface area contributed by atoms with E-state index in [1.807, 2.05) is 36.4 Å². The Kier molecular flexibility index (Phi) is 3.50. The zero-order valence-electron chi connectivity index (χ0n) is 11.2. The summed E-state index contributed by atoms with van der Waals surface area (Å²) in [7, 11) is -3.57. The lowest BCUT2D eigenvalue weighted by Crippen LogP contribution is -2.26. The van der Waals surface area contributed by atoms with Crippen molar-refractivity contribution in [2.75, 3.05) is 0 Å². The van der Waals surface area contributed by atoms with Crippen molar-refractivity contribution in [1.29, 1.82) is 5.26 Å². The molecule has 2 unspecified atom stereocenters. The summed E-state index contributed by atoms with van der Waals surface area (Å²) in [5.74, 6) is 0.236. The van der Waals surface area contributed by atoms with E-state index in [1.165, 1.54) is 12.1 Å². The molecule has 0 heterocycles. The highest BCUT2D eigenvalue weighted by Crippen LogP contribution is 2.41. The second-order valence-electron chi connectivity index (χ2n) is 5.12. The molecular weight excluding hydrogens is 284 g/mol. The maximum absolute atomic E-state index is 12.3. The van der Waals surface area contributed by atoms with Crippen LogP contribution in [0.4, 0.5) is 0 Å². The second-order valence-corrected chi connectivity index (χ2v) is 6.83. The molecule has 3 rings (SSSR count). The Bertz CT molecular complexity index is 795. The standard InChI is InChI=1S/C16H14N2O2S/c17-11-12-5-4-8-14(9-12)21(19,20)18-16-10-15(16)13-6-2-1-3-7-13/h1-9,15-16,18H,10H2. The second kappa shape index (κ2) is 5.32. The van der Waals surface area contributed by atoms with E-state index in [2.05, 4.69) is 4.72 Å². The minimum Gasteiger partial charge on any atom is -0.207 e. The van der Waals surface area contributed by atoms with Crippen LogP contribution in [0.5, 0.6) is 0 Å². The molecule has 21 heavy (non-hydrogen) atoms. The molecule has 0 aliphatic heterocycles. The third-order valence-corrected chi connectivity index (χ3v) is 5.09. The number of nitrogens with zero attached hydrogens (tertiary/aromatic N) is 1.